The molecule has 38 heavy (non-hydrogen) atoms. The molecule has 2 aliphatic rings. The van der Waals surface area contributed by atoms with Gasteiger partial charge in [-0.05, 0) is 42.7 Å². The SMILES string of the molecule is O=S(=O)(NCN(c1ncnc(N2CCOC[C@@H]2c2ccc(C(F)(F)F)cc2)c1F)C1CC1)c1ccccc1. The Labute approximate surface area is 217 Å². The van der Waals surface area contributed by atoms with Crippen LogP contribution in [0.3, 0.4) is 0 Å². The molecular weight excluding hydrogens is 526 g/mol. The maximum Gasteiger partial charge on any atom is 0.416 e. The molecule has 0 unspecified atom stereocenters. The molecule has 3 aromatic rings. The van der Waals surface area contributed by atoms with Crippen molar-refractivity contribution in [3.8, 4) is 0 Å². The van der Waals surface area contributed by atoms with E-state index in [2.05, 4.69) is 14.7 Å². The average Bonchev–Trinajstić information content (AvgIpc) is 3.75. The van der Waals surface area contributed by atoms with Crippen LogP contribution < -0.4 is 14.5 Å². The highest BCUT2D eigenvalue weighted by Crippen LogP contribution is 2.37. The van der Waals surface area contributed by atoms with E-state index in [0.717, 1.165) is 25.0 Å². The quantitative estimate of drug-likeness (QED) is 0.333. The van der Waals surface area contributed by atoms with E-state index in [1.807, 2.05) is 0 Å². The number of halogens is 4. The first-order valence-electron chi connectivity index (χ1n) is 12.0. The van der Waals surface area contributed by atoms with Crippen LogP contribution in [0.15, 0.2) is 65.8 Å². The molecule has 1 aromatic heterocycles. The van der Waals surface area contributed by atoms with Gasteiger partial charge in [-0.2, -0.15) is 22.3 Å². The van der Waals surface area contributed by atoms with E-state index in [1.165, 1.54) is 30.6 Å². The summed E-state index contributed by atoms with van der Waals surface area (Å²) in [6, 6.07) is 11.9. The molecule has 0 spiro atoms. The summed E-state index contributed by atoms with van der Waals surface area (Å²) >= 11 is 0. The lowest BCUT2D eigenvalue weighted by atomic mass is 10.0. The van der Waals surface area contributed by atoms with Crippen molar-refractivity contribution in [3.63, 3.8) is 0 Å². The topological polar surface area (TPSA) is 87.7 Å². The minimum Gasteiger partial charge on any atom is -0.377 e. The lowest BCUT2D eigenvalue weighted by molar-refractivity contribution is -0.137. The van der Waals surface area contributed by atoms with E-state index in [4.69, 9.17) is 4.74 Å². The second kappa shape index (κ2) is 10.5. The van der Waals surface area contributed by atoms with Gasteiger partial charge < -0.3 is 14.5 Å². The summed E-state index contributed by atoms with van der Waals surface area (Å²) < 4.78 is 88.6. The van der Waals surface area contributed by atoms with Crippen LogP contribution in [0.2, 0.25) is 0 Å². The van der Waals surface area contributed by atoms with Crippen molar-refractivity contribution >= 4 is 21.7 Å². The summed E-state index contributed by atoms with van der Waals surface area (Å²) in [5.74, 6) is -0.817. The molecule has 2 heterocycles. The molecule has 8 nitrogen and oxygen atoms in total. The lowest BCUT2D eigenvalue weighted by Crippen LogP contribution is -2.42. The van der Waals surface area contributed by atoms with Crippen molar-refractivity contribution in [2.45, 2.75) is 36.0 Å². The Hall–Kier alpha value is -3.29. The van der Waals surface area contributed by atoms with Crippen molar-refractivity contribution in [1.82, 2.24) is 14.7 Å². The highest BCUT2D eigenvalue weighted by Gasteiger charge is 2.36. The van der Waals surface area contributed by atoms with Crippen LogP contribution in [0.25, 0.3) is 0 Å². The van der Waals surface area contributed by atoms with Gasteiger partial charge in [-0.25, -0.2) is 18.4 Å². The maximum absolute atomic E-state index is 16.0. The van der Waals surface area contributed by atoms with E-state index >= 15 is 4.39 Å². The Morgan fingerprint density at radius 1 is 1.05 bits per heavy atom. The van der Waals surface area contributed by atoms with Gasteiger partial charge in [0.2, 0.25) is 15.8 Å². The Kier molecular flexibility index (Phi) is 7.25. The second-order valence-corrected chi connectivity index (χ2v) is 10.8. The molecule has 13 heteroatoms. The molecule has 0 amide bonds. The molecular formula is C25H25F4N5O3S. The summed E-state index contributed by atoms with van der Waals surface area (Å²) in [5, 5.41) is 0. The molecule has 1 N–H and O–H groups in total. The number of nitrogens with zero attached hydrogens (tertiary/aromatic N) is 4. The number of hydrogen-bond donors (Lipinski definition) is 1. The Morgan fingerprint density at radius 3 is 2.42 bits per heavy atom. The van der Waals surface area contributed by atoms with Gasteiger partial charge in [-0.1, -0.05) is 30.3 Å². The fourth-order valence-electron chi connectivity index (χ4n) is 4.38. The summed E-state index contributed by atoms with van der Waals surface area (Å²) in [6.45, 7) is 0.469. The summed E-state index contributed by atoms with van der Waals surface area (Å²) in [4.78, 5) is 11.6. The van der Waals surface area contributed by atoms with Crippen LogP contribution in [-0.2, 0) is 20.9 Å². The van der Waals surface area contributed by atoms with Gasteiger partial charge in [0.25, 0.3) is 0 Å². The highest BCUT2D eigenvalue weighted by atomic mass is 32.2. The Balaban J connectivity index is 1.41. The Morgan fingerprint density at radius 2 is 1.76 bits per heavy atom. The third kappa shape index (κ3) is 5.59. The molecule has 5 rings (SSSR count). The number of morpholine rings is 1. The van der Waals surface area contributed by atoms with Gasteiger partial charge in [0.05, 0.1) is 36.4 Å². The van der Waals surface area contributed by atoms with E-state index < -0.39 is 33.6 Å². The summed E-state index contributed by atoms with van der Waals surface area (Å²) in [5.41, 5.74) is -0.259. The van der Waals surface area contributed by atoms with Crippen LogP contribution in [0.4, 0.5) is 29.2 Å². The number of alkyl halides is 3. The zero-order valence-corrected chi connectivity index (χ0v) is 20.9. The summed E-state index contributed by atoms with van der Waals surface area (Å²) in [6.07, 6.45) is -1.77. The molecule has 1 saturated carbocycles. The first kappa shape index (κ1) is 26.3. The number of ether oxygens (including phenoxy) is 1. The number of anilines is 2. The fraction of sp³-hybridized carbons (Fsp3) is 0.360. The van der Waals surface area contributed by atoms with Crippen LogP contribution in [0.5, 0.6) is 0 Å². The number of benzene rings is 2. The number of nitrogens with one attached hydrogen (secondary N) is 1. The number of hydrogen-bond acceptors (Lipinski definition) is 7. The van der Waals surface area contributed by atoms with Crippen molar-refractivity contribution in [2.75, 3.05) is 36.2 Å². The minimum absolute atomic E-state index is 0.0280. The molecule has 1 saturated heterocycles. The largest absolute Gasteiger partial charge is 0.416 e. The monoisotopic (exact) mass is 551 g/mol. The van der Waals surface area contributed by atoms with Gasteiger partial charge >= 0.3 is 6.18 Å². The smallest absolute Gasteiger partial charge is 0.377 e. The molecule has 202 valence electrons. The van der Waals surface area contributed by atoms with Gasteiger partial charge in [-0.15, -0.1) is 0 Å². The van der Waals surface area contributed by atoms with Gasteiger partial charge in [0, 0.05) is 12.6 Å². The predicted octanol–water partition coefficient (Wildman–Crippen LogP) is 4.12. The van der Waals surface area contributed by atoms with E-state index in [0.29, 0.717) is 5.56 Å². The maximum atomic E-state index is 16.0. The standard InChI is InChI=1S/C25H25F4N5O3S/c26-22-23(33-12-13-37-14-21(33)17-6-8-18(9-7-17)25(27,28)29)30-15-31-24(22)34(19-10-11-19)16-32-38(35,36)20-4-2-1-3-5-20/h1-9,15,19,21,32H,10-14,16H2/t21-/m1/s1. The number of rotatable bonds is 8. The van der Waals surface area contributed by atoms with Crippen molar-refractivity contribution in [3.05, 3.63) is 77.9 Å². The lowest BCUT2D eigenvalue weighted by Gasteiger charge is -2.37. The van der Waals surface area contributed by atoms with E-state index in [1.54, 1.807) is 28.0 Å². The van der Waals surface area contributed by atoms with E-state index in [9.17, 15) is 21.6 Å². The van der Waals surface area contributed by atoms with Gasteiger partial charge in [0.15, 0.2) is 11.6 Å². The first-order valence-corrected chi connectivity index (χ1v) is 13.5. The molecule has 1 aliphatic carbocycles. The molecule has 0 radical (unpaired) electrons. The molecule has 1 atom stereocenters. The Bertz CT molecular complexity index is 1370. The third-order valence-electron chi connectivity index (χ3n) is 6.51. The van der Waals surface area contributed by atoms with Gasteiger partial charge in [-0.3, -0.25) is 0 Å². The second-order valence-electron chi connectivity index (χ2n) is 9.06. The van der Waals surface area contributed by atoms with E-state index in [-0.39, 0.29) is 49.0 Å². The number of aromatic nitrogens is 2. The van der Waals surface area contributed by atoms with Crippen LogP contribution >= 0.6 is 0 Å². The van der Waals surface area contributed by atoms with Crippen molar-refractivity contribution < 1.29 is 30.7 Å². The zero-order chi connectivity index (χ0) is 26.9. The minimum atomic E-state index is -4.47. The molecule has 1 aliphatic heterocycles. The molecule has 2 fully saturated rings. The third-order valence-corrected chi connectivity index (χ3v) is 7.92. The number of sulfonamides is 1. The van der Waals surface area contributed by atoms with Crippen LogP contribution in [0, 0.1) is 5.82 Å². The summed E-state index contributed by atoms with van der Waals surface area (Å²) in [7, 11) is -3.84. The van der Waals surface area contributed by atoms with Crippen LogP contribution in [0.1, 0.15) is 30.0 Å². The molecule has 0 bridgehead atoms. The van der Waals surface area contributed by atoms with Crippen molar-refractivity contribution in [2.24, 2.45) is 0 Å². The predicted molar refractivity (Wildman–Crippen MR) is 131 cm³/mol. The van der Waals surface area contributed by atoms with Gasteiger partial charge in [0.1, 0.15) is 6.33 Å². The van der Waals surface area contributed by atoms with Crippen LogP contribution in [-0.4, -0.2) is 50.9 Å². The first-order chi connectivity index (χ1) is 18.1. The zero-order valence-electron chi connectivity index (χ0n) is 20.1. The van der Waals surface area contributed by atoms with Crippen molar-refractivity contribution in [1.29, 1.82) is 0 Å². The highest BCUT2D eigenvalue weighted by molar-refractivity contribution is 7.89. The fourth-order valence-corrected chi connectivity index (χ4v) is 5.37. The molecule has 2 aromatic carbocycles. The normalized spacial score (nSPS) is 18.4. The average molecular weight is 552 g/mol.